The Bertz CT molecular complexity index is 1040. The first-order valence-electron chi connectivity index (χ1n) is 9.79. The van der Waals surface area contributed by atoms with Gasteiger partial charge in [0.05, 0.1) is 13.7 Å². The van der Waals surface area contributed by atoms with E-state index < -0.39 is 5.97 Å². The van der Waals surface area contributed by atoms with Gasteiger partial charge in [-0.15, -0.1) is 11.3 Å². The van der Waals surface area contributed by atoms with Gasteiger partial charge < -0.3 is 14.8 Å². The Balaban J connectivity index is 1.96. The molecule has 0 unspecified atom stereocenters. The number of thiophene rings is 1. The van der Waals surface area contributed by atoms with Crippen molar-refractivity contribution < 1.29 is 19.1 Å². The predicted octanol–water partition coefficient (Wildman–Crippen LogP) is 5.98. The maximum Gasteiger partial charge on any atom is 0.341 e. The Morgan fingerprint density at radius 2 is 1.83 bits per heavy atom. The maximum atomic E-state index is 12.8. The Labute approximate surface area is 180 Å². The lowest BCUT2D eigenvalue weighted by atomic mass is 9.98. The number of carbonyl (C=O) groups is 2. The standard InChI is InChI=1S/C24H25NO4S/c1-5-29-24(27)21-20(17-11-9-16(10-12-17)15(2)3)14-30-23(21)25-22(26)18-7-6-8-19(13-18)28-4/h6-15H,5H2,1-4H3,(H,25,26). The Morgan fingerprint density at radius 3 is 2.47 bits per heavy atom. The van der Waals surface area contributed by atoms with Crippen LogP contribution in [0, 0.1) is 0 Å². The Morgan fingerprint density at radius 1 is 1.10 bits per heavy atom. The van der Waals surface area contributed by atoms with Crippen molar-refractivity contribution in [2.75, 3.05) is 19.0 Å². The van der Waals surface area contributed by atoms with Gasteiger partial charge in [-0.3, -0.25) is 4.79 Å². The second-order valence-electron chi connectivity index (χ2n) is 7.04. The predicted molar refractivity (Wildman–Crippen MR) is 121 cm³/mol. The molecule has 156 valence electrons. The normalized spacial score (nSPS) is 10.7. The van der Waals surface area contributed by atoms with Gasteiger partial charge in [-0.1, -0.05) is 44.2 Å². The van der Waals surface area contributed by atoms with Gasteiger partial charge in [0.2, 0.25) is 0 Å². The minimum atomic E-state index is -0.456. The topological polar surface area (TPSA) is 64.6 Å². The van der Waals surface area contributed by atoms with Gasteiger partial charge >= 0.3 is 5.97 Å². The highest BCUT2D eigenvalue weighted by Gasteiger charge is 2.23. The molecule has 3 rings (SSSR count). The van der Waals surface area contributed by atoms with E-state index in [1.165, 1.54) is 16.9 Å². The monoisotopic (exact) mass is 423 g/mol. The molecule has 0 aliphatic rings. The Kier molecular flexibility index (Phi) is 6.90. The highest BCUT2D eigenvalue weighted by molar-refractivity contribution is 7.15. The molecular formula is C24H25NO4S. The quantitative estimate of drug-likeness (QED) is 0.475. The molecule has 1 heterocycles. The van der Waals surface area contributed by atoms with E-state index in [-0.39, 0.29) is 12.5 Å². The summed E-state index contributed by atoms with van der Waals surface area (Å²) >= 11 is 1.30. The van der Waals surface area contributed by atoms with E-state index in [0.717, 1.165) is 11.1 Å². The number of ether oxygens (including phenoxy) is 2. The highest BCUT2D eigenvalue weighted by Crippen LogP contribution is 2.37. The first-order valence-corrected chi connectivity index (χ1v) is 10.7. The average Bonchev–Trinajstić information content (AvgIpc) is 3.17. The molecule has 0 saturated heterocycles. The molecule has 1 aromatic heterocycles. The summed E-state index contributed by atoms with van der Waals surface area (Å²) in [6, 6.07) is 15.0. The number of nitrogens with one attached hydrogen (secondary N) is 1. The van der Waals surface area contributed by atoms with Gasteiger partial charge in [-0.05, 0) is 42.2 Å². The number of hydrogen-bond donors (Lipinski definition) is 1. The number of benzene rings is 2. The van der Waals surface area contributed by atoms with E-state index in [2.05, 4.69) is 31.3 Å². The molecule has 0 radical (unpaired) electrons. The number of methoxy groups -OCH3 is 1. The van der Waals surface area contributed by atoms with Crippen LogP contribution in [-0.4, -0.2) is 25.6 Å². The van der Waals surface area contributed by atoms with Gasteiger partial charge in [0.15, 0.2) is 0 Å². The zero-order chi connectivity index (χ0) is 21.7. The molecule has 30 heavy (non-hydrogen) atoms. The van der Waals surface area contributed by atoms with Crippen molar-refractivity contribution in [1.82, 2.24) is 0 Å². The molecule has 6 heteroatoms. The molecule has 2 aromatic carbocycles. The van der Waals surface area contributed by atoms with Crippen molar-refractivity contribution in [2.24, 2.45) is 0 Å². The lowest BCUT2D eigenvalue weighted by Gasteiger charge is -2.10. The van der Waals surface area contributed by atoms with Crippen molar-refractivity contribution in [1.29, 1.82) is 0 Å². The highest BCUT2D eigenvalue weighted by atomic mass is 32.1. The number of hydrogen-bond acceptors (Lipinski definition) is 5. The van der Waals surface area contributed by atoms with Crippen LogP contribution in [0.5, 0.6) is 5.75 Å². The average molecular weight is 424 g/mol. The van der Waals surface area contributed by atoms with Gasteiger partial charge in [-0.25, -0.2) is 4.79 Å². The third-order valence-corrected chi connectivity index (χ3v) is 5.61. The zero-order valence-electron chi connectivity index (χ0n) is 17.5. The number of anilines is 1. The molecule has 0 fully saturated rings. The minimum Gasteiger partial charge on any atom is -0.497 e. The van der Waals surface area contributed by atoms with Crippen LogP contribution in [0.2, 0.25) is 0 Å². The SMILES string of the molecule is CCOC(=O)c1c(-c2ccc(C(C)C)cc2)csc1NC(=O)c1cccc(OC)c1. The first-order chi connectivity index (χ1) is 14.4. The number of esters is 1. The fourth-order valence-electron chi connectivity index (χ4n) is 3.06. The van der Waals surface area contributed by atoms with E-state index in [4.69, 9.17) is 9.47 Å². The van der Waals surface area contributed by atoms with Crippen molar-refractivity contribution in [3.63, 3.8) is 0 Å². The van der Waals surface area contributed by atoms with Crippen molar-refractivity contribution in [3.05, 3.63) is 70.6 Å². The largest absolute Gasteiger partial charge is 0.497 e. The fourth-order valence-corrected chi connectivity index (χ4v) is 4.01. The fraction of sp³-hybridized carbons (Fsp3) is 0.250. The van der Waals surface area contributed by atoms with Crippen LogP contribution in [-0.2, 0) is 4.74 Å². The molecule has 0 saturated carbocycles. The third kappa shape index (κ3) is 4.71. The second-order valence-corrected chi connectivity index (χ2v) is 7.92. The molecule has 3 aromatic rings. The summed E-state index contributed by atoms with van der Waals surface area (Å²) in [7, 11) is 1.55. The van der Waals surface area contributed by atoms with Crippen LogP contribution >= 0.6 is 11.3 Å². The number of rotatable bonds is 7. The van der Waals surface area contributed by atoms with Crippen molar-refractivity contribution >= 4 is 28.2 Å². The van der Waals surface area contributed by atoms with Gasteiger partial charge in [-0.2, -0.15) is 0 Å². The van der Waals surface area contributed by atoms with Gasteiger partial charge in [0.25, 0.3) is 5.91 Å². The third-order valence-electron chi connectivity index (χ3n) is 4.72. The number of amides is 1. The van der Waals surface area contributed by atoms with Gasteiger partial charge in [0, 0.05) is 16.5 Å². The van der Waals surface area contributed by atoms with E-state index in [0.29, 0.717) is 27.8 Å². The van der Waals surface area contributed by atoms with Crippen molar-refractivity contribution in [3.8, 4) is 16.9 Å². The van der Waals surface area contributed by atoms with Crippen LogP contribution in [0.4, 0.5) is 5.00 Å². The molecule has 0 aliphatic carbocycles. The first kappa shape index (κ1) is 21.6. The molecule has 0 spiro atoms. The van der Waals surface area contributed by atoms with Crippen LogP contribution in [0.15, 0.2) is 53.9 Å². The molecule has 5 nitrogen and oxygen atoms in total. The molecule has 0 aliphatic heterocycles. The second kappa shape index (κ2) is 9.59. The summed E-state index contributed by atoms with van der Waals surface area (Å²) in [6.07, 6.45) is 0. The Hall–Kier alpha value is -3.12. The van der Waals surface area contributed by atoms with E-state index >= 15 is 0 Å². The summed E-state index contributed by atoms with van der Waals surface area (Å²) < 4.78 is 10.5. The van der Waals surface area contributed by atoms with E-state index in [1.54, 1.807) is 38.3 Å². The lowest BCUT2D eigenvalue weighted by molar-refractivity contribution is 0.0529. The van der Waals surface area contributed by atoms with Crippen molar-refractivity contribution in [2.45, 2.75) is 26.7 Å². The van der Waals surface area contributed by atoms with Crippen LogP contribution in [0.25, 0.3) is 11.1 Å². The minimum absolute atomic E-state index is 0.254. The smallest absolute Gasteiger partial charge is 0.341 e. The summed E-state index contributed by atoms with van der Waals surface area (Å²) in [4.78, 5) is 25.5. The van der Waals surface area contributed by atoms with Crippen LogP contribution < -0.4 is 10.1 Å². The van der Waals surface area contributed by atoms with Gasteiger partial charge in [0.1, 0.15) is 16.3 Å². The molecule has 1 N–H and O–H groups in total. The number of carbonyl (C=O) groups excluding carboxylic acids is 2. The summed E-state index contributed by atoms with van der Waals surface area (Å²) in [5.74, 6) is 0.236. The van der Waals surface area contributed by atoms with E-state index in [9.17, 15) is 9.59 Å². The molecule has 0 bridgehead atoms. The molecular weight excluding hydrogens is 398 g/mol. The maximum absolute atomic E-state index is 12.8. The lowest BCUT2D eigenvalue weighted by Crippen LogP contribution is -2.14. The zero-order valence-corrected chi connectivity index (χ0v) is 18.3. The van der Waals surface area contributed by atoms with Crippen LogP contribution in [0.1, 0.15) is 53.0 Å². The summed E-state index contributed by atoms with van der Waals surface area (Å²) in [6.45, 7) is 6.28. The summed E-state index contributed by atoms with van der Waals surface area (Å²) in [5, 5.41) is 5.20. The van der Waals surface area contributed by atoms with E-state index in [1.807, 2.05) is 17.5 Å². The molecule has 0 atom stereocenters. The molecule has 1 amide bonds. The summed E-state index contributed by atoms with van der Waals surface area (Å²) in [5.41, 5.74) is 3.68. The van der Waals surface area contributed by atoms with Crippen LogP contribution in [0.3, 0.4) is 0 Å².